The van der Waals surface area contributed by atoms with Crippen LogP contribution in [-0.2, 0) is 10.3 Å². The molecule has 0 bridgehead atoms. The number of amides is 1. The summed E-state index contributed by atoms with van der Waals surface area (Å²) in [4.78, 5) is 12.3. The van der Waals surface area contributed by atoms with Gasteiger partial charge >= 0.3 is 0 Å². The van der Waals surface area contributed by atoms with E-state index < -0.39 is 5.54 Å². The van der Waals surface area contributed by atoms with Crippen molar-refractivity contribution in [1.29, 1.82) is 5.26 Å². The number of hydrogen-bond donors (Lipinski definition) is 2. The molecule has 1 aliphatic rings. The summed E-state index contributed by atoms with van der Waals surface area (Å²) in [5.74, 6) is -0.364. The van der Waals surface area contributed by atoms with Gasteiger partial charge in [-0.2, -0.15) is 5.26 Å². The van der Waals surface area contributed by atoms with E-state index in [2.05, 4.69) is 32.6 Å². The molecule has 0 fully saturated rings. The fraction of sp³-hybridized carbons (Fsp3) is 0.0667. The van der Waals surface area contributed by atoms with Crippen molar-refractivity contribution in [2.24, 2.45) is 0 Å². The smallest absolute Gasteiger partial charge is 0.269 e. The van der Waals surface area contributed by atoms with Crippen molar-refractivity contribution in [3.8, 4) is 6.07 Å². The number of rotatable bonds is 2. The minimum absolute atomic E-state index is 0.364. The Balaban J connectivity index is 2.12. The van der Waals surface area contributed by atoms with Crippen molar-refractivity contribution in [3.05, 3.63) is 58.6 Å². The molecule has 5 heteroatoms. The van der Waals surface area contributed by atoms with Crippen molar-refractivity contribution in [2.45, 2.75) is 5.54 Å². The van der Waals surface area contributed by atoms with Crippen LogP contribution in [0.15, 0.2) is 53.0 Å². The number of nitrogens with one attached hydrogen (secondary N) is 2. The van der Waals surface area contributed by atoms with Gasteiger partial charge in [-0.05, 0) is 34.1 Å². The number of benzene rings is 2. The maximum atomic E-state index is 12.3. The fourth-order valence-corrected chi connectivity index (χ4v) is 2.67. The molecule has 2 aromatic carbocycles. The van der Waals surface area contributed by atoms with Crippen LogP contribution in [0.5, 0.6) is 0 Å². The van der Waals surface area contributed by atoms with Crippen LogP contribution in [0, 0.1) is 11.3 Å². The van der Waals surface area contributed by atoms with E-state index in [0.717, 1.165) is 4.47 Å². The molecule has 1 amide bonds. The highest BCUT2D eigenvalue weighted by Gasteiger charge is 2.47. The van der Waals surface area contributed by atoms with Gasteiger partial charge in [-0.15, -0.1) is 0 Å². The number of carbonyl (C=O) groups is 1. The van der Waals surface area contributed by atoms with Crippen LogP contribution in [0.2, 0.25) is 0 Å². The van der Waals surface area contributed by atoms with Crippen LogP contribution < -0.4 is 10.6 Å². The third-order valence-electron chi connectivity index (χ3n) is 3.28. The van der Waals surface area contributed by atoms with E-state index in [1.807, 2.05) is 36.4 Å². The van der Waals surface area contributed by atoms with Crippen LogP contribution in [0.1, 0.15) is 5.56 Å². The summed E-state index contributed by atoms with van der Waals surface area (Å²) in [6, 6.07) is 16.7. The van der Waals surface area contributed by atoms with Gasteiger partial charge in [0.25, 0.3) is 5.91 Å². The standard InChI is InChI=1S/C15H10BrN3O/c16-11-6-2-4-8-13(11)19-15(9-17)10-5-1-3-7-12(10)18-14(15)20/h1-8,19H,(H,18,20)/t15-/m1/s1. The largest absolute Gasteiger partial charge is 0.355 e. The van der Waals surface area contributed by atoms with Gasteiger partial charge in [0.05, 0.1) is 5.69 Å². The first-order valence-corrected chi connectivity index (χ1v) is 6.81. The molecule has 0 aromatic heterocycles. The lowest BCUT2D eigenvalue weighted by molar-refractivity contribution is -0.118. The summed E-state index contributed by atoms with van der Waals surface area (Å²) >= 11 is 3.41. The van der Waals surface area contributed by atoms with E-state index in [0.29, 0.717) is 16.9 Å². The number of halogens is 1. The highest BCUT2D eigenvalue weighted by atomic mass is 79.9. The molecular formula is C15H10BrN3O. The fourth-order valence-electron chi connectivity index (χ4n) is 2.29. The Labute approximate surface area is 124 Å². The topological polar surface area (TPSA) is 64.9 Å². The third-order valence-corrected chi connectivity index (χ3v) is 3.98. The lowest BCUT2D eigenvalue weighted by atomic mass is 9.92. The predicted molar refractivity (Wildman–Crippen MR) is 80.1 cm³/mol. The molecular weight excluding hydrogens is 318 g/mol. The maximum Gasteiger partial charge on any atom is 0.269 e. The minimum atomic E-state index is -1.40. The Bertz CT molecular complexity index is 738. The van der Waals surface area contributed by atoms with Gasteiger partial charge in [-0.1, -0.05) is 30.3 Å². The molecule has 2 N–H and O–H groups in total. The summed E-state index contributed by atoms with van der Waals surface area (Å²) in [5.41, 5.74) is 0.600. The zero-order valence-electron chi connectivity index (χ0n) is 10.4. The summed E-state index contributed by atoms with van der Waals surface area (Å²) < 4.78 is 0.798. The Kier molecular flexibility index (Phi) is 2.96. The molecule has 98 valence electrons. The molecule has 0 radical (unpaired) electrons. The molecule has 20 heavy (non-hydrogen) atoms. The van der Waals surface area contributed by atoms with Crippen LogP contribution in [0.25, 0.3) is 0 Å². The predicted octanol–water partition coefficient (Wildman–Crippen LogP) is 3.23. The first-order chi connectivity index (χ1) is 9.67. The SMILES string of the molecule is N#C[C@]1(Nc2ccccc2Br)C(=O)Nc2ccccc21. The number of para-hydroxylation sites is 2. The van der Waals surface area contributed by atoms with Crippen molar-refractivity contribution < 1.29 is 4.79 Å². The number of hydrogen-bond acceptors (Lipinski definition) is 3. The number of fused-ring (bicyclic) bond motifs is 1. The molecule has 2 aromatic rings. The second kappa shape index (κ2) is 4.66. The Hall–Kier alpha value is -2.32. The Morgan fingerprint density at radius 2 is 1.85 bits per heavy atom. The zero-order valence-corrected chi connectivity index (χ0v) is 11.9. The molecule has 4 nitrogen and oxygen atoms in total. The number of carbonyl (C=O) groups excluding carboxylic acids is 1. The van der Waals surface area contributed by atoms with E-state index in [-0.39, 0.29) is 5.91 Å². The summed E-state index contributed by atoms with van der Waals surface area (Å²) in [6.45, 7) is 0. The first kappa shape index (κ1) is 12.7. The van der Waals surface area contributed by atoms with E-state index in [1.54, 1.807) is 12.1 Å². The summed E-state index contributed by atoms with van der Waals surface area (Å²) in [5, 5.41) is 15.4. The van der Waals surface area contributed by atoms with Gasteiger partial charge < -0.3 is 10.6 Å². The molecule has 1 heterocycles. The van der Waals surface area contributed by atoms with Gasteiger partial charge in [-0.25, -0.2) is 0 Å². The number of nitriles is 1. The highest BCUT2D eigenvalue weighted by Crippen LogP contribution is 2.39. The zero-order chi connectivity index (χ0) is 14.2. The van der Waals surface area contributed by atoms with Gasteiger partial charge in [0.15, 0.2) is 0 Å². The second-order valence-corrected chi connectivity index (χ2v) is 5.32. The molecule has 1 atom stereocenters. The van der Waals surface area contributed by atoms with Crippen molar-refractivity contribution >= 4 is 33.2 Å². The summed E-state index contributed by atoms with van der Waals surface area (Å²) in [7, 11) is 0. The molecule has 0 saturated carbocycles. The minimum Gasteiger partial charge on any atom is -0.355 e. The quantitative estimate of drug-likeness (QED) is 0.889. The van der Waals surface area contributed by atoms with Crippen LogP contribution in [-0.4, -0.2) is 5.91 Å². The van der Waals surface area contributed by atoms with Gasteiger partial charge in [0.1, 0.15) is 6.07 Å². The average Bonchev–Trinajstić information content (AvgIpc) is 2.74. The Morgan fingerprint density at radius 1 is 1.15 bits per heavy atom. The van der Waals surface area contributed by atoms with E-state index in [4.69, 9.17) is 0 Å². The molecule has 1 aliphatic heterocycles. The van der Waals surface area contributed by atoms with Crippen molar-refractivity contribution in [3.63, 3.8) is 0 Å². The lowest BCUT2D eigenvalue weighted by Gasteiger charge is -2.22. The molecule has 3 rings (SSSR count). The third kappa shape index (κ3) is 1.77. The van der Waals surface area contributed by atoms with Gasteiger partial charge in [0, 0.05) is 15.7 Å². The average molecular weight is 328 g/mol. The molecule has 0 aliphatic carbocycles. The van der Waals surface area contributed by atoms with E-state index in [1.165, 1.54) is 0 Å². The molecule has 0 saturated heterocycles. The van der Waals surface area contributed by atoms with Crippen LogP contribution in [0.4, 0.5) is 11.4 Å². The first-order valence-electron chi connectivity index (χ1n) is 6.02. The monoisotopic (exact) mass is 327 g/mol. The number of anilines is 2. The Morgan fingerprint density at radius 3 is 2.60 bits per heavy atom. The van der Waals surface area contributed by atoms with E-state index >= 15 is 0 Å². The highest BCUT2D eigenvalue weighted by molar-refractivity contribution is 9.10. The lowest BCUT2D eigenvalue weighted by Crippen LogP contribution is -2.40. The summed E-state index contributed by atoms with van der Waals surface area (Å²) in [6.07, 6.45) is 0. The van der Waals surface area contributed by atoms with Crippen molar-refractivity contribution in [2.75, 3.05) is 10.6 Å². The normalized spacial score (nSPS) is 19.9. The van der Waals surface area contributed by atoms with Gasteiger partial charge in [-0.3, -0.25) is 4.79 Å². The van der Waals surface area contributed by atoms with E-state index in [9.17, 15) is 10.1 Å². The number of nitrogens with zero attached hydrogens (tertiary/aromatic N) is 1. The second-order valence-electron chi connectivity index (χ2n) is 4.47. The van der Waals surface area contributed by atoms with Crippen LogP contribution in [0.3, 0.4) is 0 Å². The molecule has 0 unspecified atom stereocenters. The van der Waals surface area contributed by atoms with Gasteiger partial charge in [0.2, 0.25) is 5.54 Å². The maximum absolute atomic E-state index is 12.3. The molecule has 0 spiro atoms. The van der Waals surface area contributed by atoms with Crippen LogP contribution >= 0.6 is 15.9 Å². The van der Waals surface area contributed by atoms with Crippen molar-refractivity contribution in [1.82, 2.24) is 0 Å².